The Morgan fingerprint density at radius 3 is 2.89 bits per heavy atom. The first-order chi connectivity index (χ1) is 8.63. The SMILES string of the molecule is Cc1nc(=O)c(C#N)c(N(C)c2cccnc2)[nH]1. The Bertz CT molecular complexity index is 656. The molecule has 0 radical (unpaired) electrons. The number of aromatic amines is 1. The van der Waals surface area contributed by atoms with Crippen molar-refractivity contribution in [2.45, 2.75) is 6.92 Å². The number of aryl methyl sites for hydroxylation is 1. The van der Waals surface area contributed by atoms with Crippen LogP contribution in [0.25, 0.3) is 0 Å². The second-order valence-electron chi connectivity index (χ2n) is 3.73. The maximum absolute atomic E-state index is 11.6. The summed E-state index contributed by atoms with van der Waals surface area (Å²) in [5.41, 5.74) is 0.238. The number of aromatic nitrogens is 3. The normalized spacial score (nSPS) is 9.83. The van der Waals surface area contributed by atoms with E-state index in [0.29, 0.717) is 11.6 Å². The van der Waals surface area contributed by atoms with Crippen LogP contribution in [0, 0.1) is 18.3 Å². The molecule has 0 saturated heterocycles. The van der Waals surface area contributed by atoms with Gasteiger partial charge in [-0.2, -0.15) is 10.2 Å². The van der Waals surface area contributed by atoms with Gasteiger partial charge in [-0.05, 0) is 19.1 Å². The Balaban J connectivity index is 2.59. The van der Waals surface area contributed by atoms with Crippen molar-refractivity contribution in [1.82, 2.24) is 15.0 Å². The fraction of sp³-hybridized carbons (Fsp3) is 0.167. The zero-order chi connectivity index (χ0) is 13.1. The van der Waals surface area contributed by atoms with Crippen LogP contribution in [0.3, 0.4) is 0 Å². The van der Waals surface area contributed by atoms with Gasteiger partial charge in [0.15, 0.2) is 5.56 Å². The maximum atomic E-state index is 11.6. The molecule has 0 saturated carbocycles. The van der Waals surface area contributed by atoms with Gasteiger partial charge >= 0.3 is 0 Å². The van der Waals surface area contributed by atoms with E-state index in [4.69, 9.17) is 5.26 Å². The highest BCUT2D eigenvalue weighted by atomic mass is 16.1. The van der Waals surface area contributed by atoms with Crippen LogP contribution in [0.4, 0.5) is 11.5 Å². The predicted molar refractivity (Wildman–Crippen MR) is 66.6 cm³/mol. The summed E-state index contributed by atoms with van der Waals surface area (Å²) in [4.78, 5) is 24.0. The molecule has 0 atom stereocenters. The van der Waals surface area contributed by atoms with Gasteiger partial charge < -0.3 is 9.88 Å². The molecule has 0 aliphatic rings. The van der Waals surface area contributed by atoms with E-state index in [9.17, 15) is 4.79 Å². The first-order valence-electron chi connectivity index (χ1n) is 5.28. The van der Waals surface area contributed by atoms with Crippen LogP contribution in [-0.4, -0.2) is 22.0 Å². The summed E-state index contributed by atoms with van der Waals surface area (Å²) in [6, 6.07) is 5.49. The Hall–Kier alpha value is -2.68. The van der Waals surface area contributed by atoms with Crippen LogP contribution < -0.4 is 10.5 Å². The molecule has 2 aromatic rings. The Morgan fingerprint density at radius 2 is 2.28 bits per heavy atom. The third-order valence-electron chi connectivity index (χ3n) is 2.50. The lowest BCUT2D eigenvalue weighted by molar-refractivity contribution is 0.975. The van der Waals surface area contributed by atoms with Crippen LogP contribution in [0.5, 0.6) is 0 Å². The largest absolute Gasteiger partial charge is 0.329 e. The number of hydrogen-bond donors (Lipinski definition) is 1. The third-order valence-corrected chi connectivity index (χ3v) is 2.50. The first-order valence-corrected chi connectivity index (χ1v) is 5.28. The molecule has 2 rings (SSSR count). The lowest BCUT2D eigenvalue weighted by Gasteiger charge is -2.19. The topological polar surface area (TPSA) is 85.7 Å². The molecular formula is C12H11N5O. The number of anilines is 2. The minimum atomic E-state index is -0.528. The van der Waals surface area contributed by atoms with Crippen molar-refractivity contribution in [3.05, 3.63) is 46.3 Å². The van der Waals surface area contributed by atoms with Crippen LogP contribution in [-0.2, 0) is 0 Å². The molecule has 0 spiro atoms. The van der Waals surface area contributed by atoms with E-state index in [1.807, 2.05) is 12.1 Å². The molecule has 18 heavy (non-hydrogen) atoms. The van der Waals surface area contributed by atoms with Crippen molar-refractivity contribution in [2.24, 2.45) is 0 Å². The molecule has 6 nitrogen and oxygen atoms in total. The van der Waals surface area contributed by atoms with Gasteiger partial charge in [-0.3, -0.25) is 9.78 Å². The molecule has 1 N–H and O–H groups in total. The van der Waals surface area contributed by atoms with E-state index >= 15 is 0 Å². The van der Waals surface area contributed by atoms with Crippen LogP contribution in [0.15, 0.2) is 29.3 Å². The molecule has 0 unspecified atom stereocenters. The molecule has 6 heteroatoms. The second-order valence-corrected chi connectivity index (χ2v) is 3.73. The minimum Gasteiger partial charge on any atom is -0.329 e. The average molecular weight is 241 g/mol. The number of H-pyrrole nitrogens is 1. The first kappa shape index (κ1) is 11.8. The molecular weight excluding hydrogens is 230 g/mol. The fourth-order valence-electron chi connectivity index (χ4n) is 1.60. The summed E-state index contributed by atoms with van der Waals surface area (Å²) in [7, 11) is 1.75. The summed E-state index contributed by atoms with van der Waals surface area (Å²) in [6.45, 7) is 1.67. The van der Waals surface area contributed by atoms with Crippen LogP contribution in [0.1, 0.15) is 11.4 Å². The van der Waals surface area contributed by atoms with Crippen molar-refractivity contribution in [3.8, 4) is 6.07 Å². The lowest BCUT2D eigenvalue weighted by atomic mass is 10.3. The van der Waals surface area contributed by atoms with E-state index in [-0.39, 0.29) is 5.56 Å². The van der Waals surface area contributed by atoms with Gasteiger partial charge in [-0.15, -0.1) is 0 Å². The van der Waals surface area contributed by atoms with Gasteiger partial charge in [-0.1, -0.05) is 0 Å². The van der Waals surface area contributed by atoms with E-state index in [1.165, 1.54) is 0 Å². The van der Waals surface area contributed by atoms with E-state index in [1.54, 1.807) is 37.3 Å². The van der Waals surface area contributed by atoms with Gasteiger partial charge in [0.25, 0.3) is 5.56 Å². The summed E-state index contributed by atoms with van der Waals surface area (Å²) >= 11 is 0. The summed E-state index contributed by atoms with van der Waals surface area (Å²) < 4.78 is 0. The molecule has 0 aliphatic carbocycles. The molecule has 0 aromatic carbocycles. The lowest BCUT2D eigenvalue weighted by Crippen LogP contribution is -2.21. The van der Waals surface area contributed by atoms with Crippen molar-refractivity contribution in [1.29, 1.82) is 5.26 Å². The smallest absolute Gasteiger partial charge is 0.293 e. The number of pyridine rings is 1. The Labute approximate surface area is 104 Å². The molecule has 2 aromatic heterocycles. The van der Waals surface area contributed by atoms with E-state index in [0.717, 1.165) is 5.69 Å². The molecule has 0 amide bonds. The molecule has 0 bridgehead atoms. The molecule has 0 fully saturated rings. The van der Waals surface area contributed by atoms with E-state index in [2.05, 4.69) is 15.0 Å². The highest BCUT2D eigenvalue weighted by Gasteiger charge is 2.14. The van der Waals surface area contributed by atoms with Gasteiger partial charge in [0.05, 0.1) is 11.9 Å². The van der Waals surface area contributed by atoms with Gasteiger partial charge in [0.2, 0.25) is 0 Å². The number of nitrogens with zero attached hydrogens (tertiary/aromatic N) is 4. The maximum Gasteiger partial charge on any atom is 0.293 e. The van der Waals surface area contributed by atoms with Crippen molar-refractivity contribution in [2.75, 3.05) is 11.9 Å². The highest BCUT2D eigenvalue weighted by molar-refractivity contribution is 5.63. The number of hydrogen-bond acceptors (Lipinski definition) is 5. The number of nitriles is 1. The molecule has 0 aliphatic heterocycles. The van der Waals surface area contributed by atoms with Crippen molar-refractivity contribution < 1.29 is 0 Å². The van der Waals surface area contributed by atoms with Crippen LogP contribution >= 0.6 is 0 Å². The van der Waals surface area contributed by atoms with E-state index < -0.39 is 5.56 Å². The zero-order valence-corrected chi connectivity index (χ0v) is 10.0. The number of nitrogens with one attached hydrogen (secondary N) is 1. The fourth-order valence-corrected chi connectivity index (χ4v) is 1.60. The van der Waals surface area contributed by atoms with Crippen molar-refractivity contribution in [3.63, 3.8) is 0 Å². The molecule has 90 valence electrons. The monoisotopic (exact) mass is 241 g/mol. The molecule has 2 heterocycles. The third kappa shape index (κ3) is 2.06. The predicted octanol–water partition coefficient (Wildman–Crippen LogP) is 1.11. The van der Waals surface area contributed by atoms with Gasteiger partial charge in [0.1, 0.15) is 17.7 Å². The zero-order valence-electron chi connectivity index (χ0n) is 10.0. The quantitative estimate of drug-likeness (QED) is 0.851. The van der Waals surface area contributed by atoms with Crippen LogP contribution in [0.2, 0.25) is 0 Å². The minimum absolute atomic E-state index is 0.00745. The summed E-state index contributed by atoms with van der Waals surface area (Å²) in [5, 5.41) is 9.03. The van der Waals surface area contributed by atoms with Gasteiger partial charge in [0, 0.05) is 13.2 Å². The Kier molecular flexibility index (Phi) is 3.06. The standard InChI is InChI=1S/C12H11N5O/c1-8-15-11(10(6-13)12(18)16-8)17(2)9-4-3-5-14-7-9/h3-5,7H,1-2H3,(H,15,16,18). The number of rotatable bonds is 2. The second kappa shape index (κ2) is 4.67. The Morgan fingerprint density at radius 1 is 1.50 bits per heavy atom. The van der Waals surface area contributed by atoms with Crippen molar-refractivity contribution >= 4 is 11.5 Å². The summed E-state index contributed by atoms with van der Waals surface area (Å²) in [6.07, 6.45) is 3.30. The highest BCUT2D eigenvalue weighted by Crippen LogP contribution is 2.21. The summed E-state index contributed by atoms with van der Waals surface area (Å²) in [5.74, 6) is 0.882. The average Bonchev–Trinajstić information content (AvgIpc) is 2.38. The van der Waals surface area contributed by atoms with Gasteiger partial charge in [-0.25, -0.2) is 0 Å².